The average Bonchev–Trinajstić information content (AvgIpc) is 2.96. The van der Waals surface area contributed by atoms with Crippen LogP contribution in [-0.4, -0.2) is 50.9 Å². The number of aryl methyl sites for hydroxylation is 2. The van der Waals surface area contributed by atoms with Crippen LogP contribution < -0.4 is 14.4 Å². The van der Waals surface area contributed by atoms with Gasteiger partial charge in [0.05, 0.1) is 17.2 Å². The summed E-state index contributed by atoms with van der Waals surface area (Å²) in [5.41, 5.74) is 3.08. The van der Waals surface area contributed by atoms with Gasteiger partial charge in [0.2, 0.25) is 11.8 Å². The number of hydrogen-bond donors (Lipinski definition) is 1. The number of carbonyl (C=O) groups is 2. The molecule has 1 atom stereocenters. The number of anilines is 1. The van der Waals surface area contributed by atoms with Crippen LogP contribution in [0, 0.1) is 13.8 Å². The molecule has 3 aromatic carbocycles. The third-order valence-electron chi connectivity index (χ3n) is 6.92. The second-order valence-electron chi connectivity index (χ2n) is 10.0. The predicted octanol–water partition coefficient (Wildman–Crippen LogP) is 5.23. The number of nitrogens with zero attached hydrogens (tertiary/aromatic N) is 2. The quantitative estimate of drug-likeness (QED) is 0.264. The molecule has 0 saturated carbocycles. The van der Waals surface area contributed by atoms with Gasteiger partial charge in [0, 0.05) is 13.1 Å². The smallest absolute Gasteiger partial charge is 0.264 e. The van der Waals surface area contributed by atoms with Crippen LogP contribution in [0.15, 0.2) is 77.7 Å². The van der Waals surface area contributed by atoms with E-state index in [1.807, 2.05) is 52.0 Å². The van der Waals surface area contributed by atoms with Gasteiger partial charge in [-0.25, -0.2) is 8.42 Å². The molecule has 0 heterocycles. The lowest BCUT2D eigenvalue weighted by Crippen LogP contribution is -2.51. The van der Waals surface area contributed by atoms with Gasteiger partial charge >= 0.3 is 0 Å². The largest absolute Gasteiger partial charge is 0.494 e. The third-order valence-corrected chi connectivity index (χ3v) is 8.71. The molecule has 0 fully saturated rings. The minimum atomic E-state index is -4.12. The molecule has 0 spiro atoms. The van der Waals surface area contributed by atoms with Crippen molar-refractivity contribution in [3.63, 3.8) is 0 Å². The molecular formula is C32H41N3O5S. The van der Waals surface area contributed by atoms with Crippen molar-refractivity contribution >= 4 is 27.5 Å². The lowest BCUT2D eigenvalue weighted by molar-refractivity contribution is -0.139. The van der Waals surface area contributed by atoms with Crippen LogP contribution in [0.25, 0.3) is 0 Å². The van der Waals surface area contributed by atoms with E-state index in [0.717, 1.165) is 33.8 Å². The number of benzene rings is 3. The van der Waals surface area contributed by atoms with Gasteiger partial charge in [0.1, 0.15) is 18.3 Å². The van der Waals surface area contributed by atoms with E-state index in [1.165, 1.54) is 17.0 Å². The first kappa shape index (κ1) is 31.7. The molecule has 8 nitrogen and oxygen atoms in total. The topological polar surface area (TPSA) is 96.0 Å². The highest BCUT2D eigenvalue weighted by molar-refractivity contribution is 7.92. The normalized spacial score (nSPS) is 11.9. The maximum absolute atomic E-state index is 14.0. The highest BCUT2D eigenvalue weighted by Crippen LogP contribution is 2.27. The Morgan fingerprint density at radius 2 is 1.59 bits per heavy atom. The fraction of sp³-hybridized carbons (Fsp3) is 0.375. The van der Waals surface area contributed by atoms with Gasteiger partial charge in [-0.05, 0) is 81.6 Å². The van der Waals surface area contributed by atoms with Crippen LogP contribution in [0.2, 0.25) is 0 Å². The van der Waals surface area contributed by atoms with Gasteiger partial charge in [-0.2, -0.15) is 0 Å². The van der Waals surface area contributed by atoms with Gasteiger partial charge in [-0.15, -0.1) is 0 Å². The number of amides is 2. The number of ether oxygens (including phenoxy) is 1. The molecule has 2 amide bonds. The van der Waals surface area contributed by atoms with Crippen molar-refractivity contribution in [3.8, 4) is 5.75 Å². The molecule has 0 aliphatic rings. The fourth-order valence-corrected chi connectivity index (χ4v) is 5.75. The molecule has 0 aromatic heterocycles. The SMILES string of the molecule is CCCCNC(=O)[C@@H](C)N(Cc1ccccc1C)C(=O)CN(c1ccc(OCC)cc1)S(=O)(=O)c1ccc(C)cc1. The van der Waals surface area contributed by atoms with E-state index in [9.17, 15) is 18.0 Å². The molecule has 0 radical (unpaired) electrons. The zero-order chi connectivity index (χ0) is 30.0. The van der Waals surface area contributed by atoms with Crippen molar-refractivity contribution in [3.05, 3.63) is 89.5 Å². The van der Waals surface area contributed by atoms with Gasteiger partial charge in [-0.3, -0.25) is 13.9 Å². The van der Waals surface area contributed by atoms with Crippen LogP contribution in [0.1, 0.15) is 50.3 Å². The molecule has 0 unspecified atom stereocenters. The lowest BCUT2D eigenvalue weighted by atomic mass is 10.1. The molecule has 220 valence electrons. The molecule has 0 aliphatic heterocycles. The molecule has 0 saturated heterocycles. The highest BCUT2D eigenvalue weighted by atomic mass is 32.2. The van der Waals surface area contributed by atoms with Crippen molar-refractivity contribution in [1.29, 1.82) is 0 Å². The Hall–Kier alpha value is -3.85. The highest BCUT2D eigenvalue weighted by Gasteiger charge is 2.32. The van der Waals surface area contributed by atoms with Gasteiger partial charge < -0.3 is 15.0 Å². The Morgan fingerprint density at radius 3 is 2.20 bits per heavy atom. The summed E-state index contributed by atoms with van der Waals surface area (Å²) in [6, 6.07) is 19.9. The summed E-state index contributed by atoms with van der Waals surface area (Å²) in [4.78, 5) is 28.7. The fourth-order valence-electron chi connectivity index (χ4n) is 4.33. The standard InChI is InChI=1S/C32H41N3O5S/c1-6-8-21-33-32(37)26(5)34(22-27-12-10-9-11-25(27)4)31(36)23-35(28-15-17-29(18-16-28)40-7-2)41(38,39)30-19-13-24(3)14-20-30/h9-20,26H,6-8,21-23H2,1-5H3,(H,33,37)/t26-/m1/s1. The predicted molar refractivity (Wildman–Crippen MR) is 162 cm³/mol. The van der Waals surface area contributed by atoms with E-state index in [-0.39, 0.29) is 17.3 Å². The molecule has 3 aromatic rings. The second-order valence-corrected chi connectivity index (χ2v) is 11.9. The van der Waals surface area contributed by atoms with Crippen molar-refractivity contribution in [2.24, 2.45) is 0 Å². The van der Waals surface area contributed by atoms with E-state index >= 15 is 0 Å². The molecule has 3 rings (SSSR count). The zero-order valence-corrected chi connectivity index (χ0v) is 25.4. The first-order valence-corrected chi connectivity index (χ1v) is 15.5. The monoisotopic (exact) mass is 579 g/mol. The number of sulfonamides is 1. The first-order chi connectivity index (χ1) is 19.6. The number of hydrogen-bond acceptors (Lipinski definition) is 5. The summed E-state index contributed by atoms with van der Waals surface area (Å²) >= 11 is 0. The molecule has 9 heteroatoms. The molecule has 1 N–H and O–H groups in total. The van der Waals surface area contributed by atoms with Gasteiger partial charge in [0.25, 0.3) is 10.0 Å². The average molecular weight is 580 g/mol. The van der Waals surface area contributed by atoms with E-state index in [1.54, 1.807) is 43.3 Å². The number of unbranched alkanes of at least 4 members (excludes halogenated alkanes) is 1. The number of rotatable bonds is 14. The summed E-state index contributed by atoms with van der Waals surface area (Å²) in [5.74, 6) is -0.181. The Labute approximate surface area is 244 Å². The second kappa shape index (κ2) is 14.7. The zero-order valence-electron chi connectivity index (χ0n) is 24.6. The Morgan fingerprint density at radius 1 is 0.927 bits per heavy atom. The van der Waals surface area contributed by atoms with Gasteiger partial charge in [0.15, 0.2) is 0 Å². The van der Waals surface area contributed by atoms with Crippen LogP contribution in [-0.2, 0) is 26.2 Å². The third kappa shape index (κ3) is 8.33. The summed E-state index contributed by atoms with van der Waals surface area (Å²) in [6.45, 7) is 10.0. The summed E-state index contributed by atoms with van der Waals surface area (Å²) in [5, 5.41) is 2.91. The van der Waals surface area contributed by atoms with Crippen LogP contribution in [0.5, 0.6) is 5.75 Å². The van der Waals surface area contributed by atoms with Crippen molar-refractivity contribution < 1.29 is 22.7 Å². The Kier molecular flexibility index (Phi) is 11.3. The van der Waals surface area contributed by atoms with E-state index in [2.05, 4.69) is 5.32 Å². The lowest BCUT2D eigenvalue weighted by Gasteiger charge is -2.32. The molecule has 0 aliphatic carbocycles. The van der Waals surface area contributed by atoms with E-state index in [0.29, 0.717) is 24.6 Å². The Bertz CT molecular complexity index is 1410. The van der Waals surface area contributed by atoms with Crippen LogP contribution in [0.3, 0.4) is 0 Å². The molecular weight excluding hydrogens is 538 g/mol. The van der Waals surface area contributed by atoms with Crippen molar-refractivity contribution in [2.75, 3.05) is 24.0 Å². The number of nitrogens with one attached hydrogen (secondary N) is 1. The summed E-state index contributed by atoms with van der Waals surface area (Å²) in [6.07, 6.45) is 1.75. The van der Waals surface area contributed by atoms with Crippen LogP contribution >= 0.6 is 0 Å². The number of carbonyl (C=O) groups excluding carboxylic acids is 2. The minimum Gasteiger partial charge on any atom is -0.494 e. The van der Waals surface area contributed by atoms with E-state index < -0.39 is 28.5 Å². The molecule has 41 heavy (non-hydrogen) atoms. The minimum absolute atomic E-state index is 0.0700. The molecule has 0 bridgehead atoms. The van der Waals surface area contributed by atoms with Crippen LogP contribution in [0.4, 0.5) is 5.69 Å². The maximum atomic E-state index is 14.0. The Balaban J connectivity index is 2.01. The summed E-state index contributed by atoms with van der Waals surface area (Å²) in [7, 11) is -4.12. The van der Waals surface area contributed by atoms with E-state index in [4.69, 9.17) is 4.74 Å². The summed E-state index contributed by atoms with van der Waals surface area (Å²) < 4.78 is 34.5. The first-order valence-electron chi connectivity index (χ1n) is 14.0. The van der Waals surface area contributed by atoms with Crippen molar-refractivity contribution in [1.82, 2.24) is 10.2 Å². The van der Waals surface area contributed by atoms with Gasteiger partial charge in [-0.1, -0.05) is 55.3 Å². The van der Waals surface area contributed by atoms with Crippen molar-refractivity contribution in [2.45, 2.75) is 64.9 Å². The maximum Gasteiger partial charge on any atom is 0.264 e.